The first kappa shape index (κ1) is 24.2. The molecule has 1 heterocycles. The molecule has 186 valence electrons. The summed E-state index contributed by atoms with van der Waals surface area (Å²) in [6.45, 7) is 2.20. The maximum absolute atomic E-state index is 13.7. The van der Waals surface area contributed by atoms with Crippen LogP contribution in [0.4, 0.5) is 11.4 Å². The molecule has 1 amide bonds. The van der Waals surface area contributed by atoms with Crippen molar-refractivity contribution in [2.75, 3.05) is 29.5 Å². The number of ether oxygens (including phenoxy) is 1. The molecule has 2 fully saturated rings. The van der Waals surface area contributed by atoms with Crippen molar-refractivity contribution in [3.05, 3.63) is 52.0 Å². The van der Waals surface area contributed by atoms with E-state index in [-0.39, 0.29) is 18.9 Å². The number of hydrogen-bond donors (Lipinski definition) is 2. The average molecular weight is 518 g/mol. The number of carboxylic acids is 1. The number of aliphatic carboxylic acids is 1. The van der Waals surface area contributed by atoms with Gasteiger partial charge in [-0.2, -0.15) is 0 Å². The van der Waals surface area contributed by atoms with E-state index < -0.39 is 11.5 Å². The van der Waals surface area contributed by atoms with Gasteiger partial charge in [0.05, 0.1) is 28.5 Å². The van der Waals surface area contributed by atoms with Crippen molar-refractivity contribution in [2.24, 2.45) is 0 Å². The summed E-state index contributed by atoms with van der Waals surface area (Å²) in [6.07, 6.45) is 4.44. The van der Waals surface area contributed by atoms with Crippen LogP contribution in [0.1, 0.15) is 44.1 Å². The number of carbonyl (C=O) groups excluding carboxylic acids is 1. The second-order valence-electron chi connectivity index (χ2n) is 9.53. The van der Waals surface area contributed by atoms with Crippen LogP contribution in [0.2, 0.25) is 10.0 Å². The van der Waals surface area contributed by atoms with E-state index in [1.807, 2.05) is 23.1 Å². The highest BCUT2D eigenvalue weighted by Crippen LogP contribution is 2.44. The van der Waals surface area contributed by atoms with Crippen molar-refractivity contribution in [1.82, 2.24) is 5.32 Å². The lowest BCUT2D eigenvalue weighted by Gasteiger charge is -2.39. The number of carboxylic acid groups (broad SMARTS) is 1. The lowest BCUT2D eigenvalue weighted by Crippen LogP contribution is -2.53. The van der Waals surface area contributed by atoms with Crippen LogP contribution in [0.25, 0.3) is 0 Å². The van der Waals surface area contributed by atoms with Gasteiger partial charge in [0, 0.05) is 43.2 Å². The van der Waals surface area contributed by atoms with E-state index in [0.717, 1.165) is 36.3 Å². The molecule has 0 unspecified atom stereocenters. The van der Waals surface area contributed by atoms with E-state index in [1.165, 1.54) is 12.8 Å². The van der Waals surface area contributed by atoms with Crippen molar-refractivity contribution in [3.8, 4) is 5.75 Å². The average Bonchev–Trinajstić information content (AvgIpc) is 3.77. The Labute approximate surface area is 214 Å². The Balaban J connectivity index is 1.24. The fourth-order valence-corrected chi connectivity index (χ4v) is 5.16. The van der Waals surface area contributed by atoms with Crippen LogP contribution in [0.5, 0.6) is 5.75 Å². The van der Waals surface area contributed by atoms with Gasteiger partial charge in [0.2, 0.25) is 5.91 Å². The number of nitrogens with one attached hydrogen (secondary N) is 1. The number of rotatable bonds is 10. The molecule has 3 aliphatic rings. The van der Waals surface area contributed by atoms with Crippen LogP contribution >= 0.6 is 23.2 Å². The number of fused-ring (bicyclic) bond motifs is 1. The molecule has 2 aromatic rings. The summed E-state index contributed by atoms with van der Waals surface area (Å²) >= 11 is 12.9. The summed E-state index contributed by atoms with van der Waals surface area (Å²) < 4.78 is 5.60. The minimum Gasteiger partial charge on any atom is -0.492 e. The van der Waals surface area contributed by atoms with Crippen molar-refractivity contribution in [3.63, 3.8) is 0 Å². The molecule has 0 atom stereocenters. The second kappa shape index (κ2) is 9.88. The smallest absolute Gasteiger partial charge is 0.303 e. The predicted molar refractivity (Wildman–Crippen MR) is 137 cm³/mol. The predicted octanol–water partition coefficient (Wildman–Crippen LogP) is 4.87. The first-order valence-corrected chi connectivity index (χ1v) is 12.9. The number of benzene rings is 2. The third-order valence-electron chi connectivity index (χ3n) is 6.95. The lowest BCUT2D eigenvalue weighted by molar-refractivity contribution is -0.137. The van der Waals surface area contributed by atoms with E-state index in [9.17, 15) is 9.59 Å². The molecule has 2 aromatic carbocycles. The second-order valence-corrected chi connectivity index (χ2v) is 10.3. The van der Waals surface area contributed by atoms with Gasteiger partial charge in [0.25, 0.3) is 0 Å². The Morgan fingerprint density at radius 2 is 1.83 bits per heavy atom. The maximum Gasteiger partial charge on any atom is 0.303 e. The third-order valence-corrected chi connectivity index (χ3v) is 7.60. The van der Waals surface area contributed by atoms with Crippen LogP contribution in [0.15, 0.2) is 36.4 Å². The highest BCUT2D eigenvalue weighted by Gasteiger charge is 2.52. The molecule has 0 radical (unpaired) electrons. The summed E-state index contributed by atoms with van der Waals surface area (Å²) in [5.41, 5.74) is 2.34. The maximum atomic E-state index is 13.7. The quantitative estimate of drug-likeness (QED) is 0.437. The molecule has 2 N–H and O–H groups in total. The summed E-state index contributed by atoms with van der Waals surface area (Å²) in [4.78, 5) is 28.7. The van der Waals surface area contributed by atoms with Gasteiger partial charge < -0.3 is 19.6 Å². The fourth-order valence-electron chi connectivity index (χ4n) is 4.70. The van der Waals surface area contributed by atoms with Gasteiger partial charge in [-0.1, -0.05) is 35.3 Å². The first-order chi connectivity index (χ1) is 16.9. The first-order valence-electron chi connectivity index (χ1n) is 12.1. The SMILES string of the molecule is O=C(O)CCCOc1cc(Cl)c(CNC2(C(=O)N3CCN(C4CC4)c4ccccc43)CC2)cc1Cl. The zero-order chi connectivity index (χ0) is 24.6. The van der Waals surface area contributed by atoms with Crippen LogP contribution in [0, 0.1) is 0 Å². The fraction of sp³-hybridized carbons (Fsp3) is 0.462. The molecule has 7 nitrogen and oxygen atoms in total. The molecule has 35 heavy (non-hydrogen) atoms. The van der Waals surface area contributed by atoms with Crippen molar-refractivity contribution in [2.45, 2.75) is 56.7 Å². The zero-order valence-electron chi connectivity index (χ0n) is 19.4. The molecule has 0 spiro atoms. The Kier molecular flexibility index (Phi) is 6.84. The molecule has 0 aromatic heterocycles. The minimum atomic E-state index is -0.865. The molecule has 9 heteroatoms. The van der Waals surface area contributed by atoms with Crippen molar-refractivity contribution < 1.29 is 19.4 Å². The summed E-state index contributed by atoms with van der Waals surface area (Å²) in [5, 5.41) is 13.1. The van der Waals surface area contributed by atoms with Crippen LogP contribution in [-0.2, 0) is 16.1 Å². The number of nitrogens with zero attached hydrogens (tertiary/aromatic N) is 2. The molecule has 5 rings (SSSR count). The van der Waals surface area contributed by atoms with Crippen LogP contribution in [0.3, 0.4) is 0 Å². The van der Waals surface area contributed by atoms with Gasteiger partial charge >= 0.3 is 5.97 Å². The highest BCUT2D eigenvalue weighted by molar-refractivity contribution is 6.34. The largest absolute Gasteiger partial charge is 0.492 e. The number of anilines is 2. The number of para-hydroxylation sites is 2. The van der Waals surface area contributed by atoms with E-state index in [4.69, 9.17) is 33.0 Å². The topological polar surface area (TPSA) is 82.1 Å². The zero-order valence-corrected chi connectivity index (χ0v) is 20.9. The van der Waals surface area contributed by atoms with Crippen LogP contribution in [-0.4, -0.2) is 48.3 Å². The van der Waals surface area contributed by atoms with Crippen molar-refractivity contribution >= 4 is 46.5 Å². The molecule has 0 bridgehead atoms. The van der Waals surface area contributed by atoms with E-state index in [1.54, 1.807) is 12.1 Å². The molecule has 0 saturated heterocycles. The molecular weight excluding hydrogens is 489 g/mol. The molecule has 2 aliphatic carbocycles. The van der Waals surface area contributed by atoms with Crippen molar-refractivity contribution in [1.29, 1.82) is 0 Å². The highest BCUT2D eigenvalue weighted by atomic mass is 35.5. The third kappa shape index (κ3) is 5.22. The number of halogens is 2. The van der Waals surface area contributed by atoms with Gasteiger partial charge in [-0.25, -0.2) is 0 Å². The Hall–Kier alpha value is -2.48. The number of carbonyl (C=O) groups is 2. The normalized spacial score (nSPS) is 18.2. The van der Waals surface area contributed by atoms with E-state index >= 15 is 0 Å². The van der Waals surface area contributed by atoms with Gasteiger partial charge in [0.1, 0.15) is 5.75 Å². The number of amides is 1. The van der Waals surface area contributed by atoms with Gasteiger partial charge in [0.15, 0.2) is 0 Å². The molecular formula is C26H29Cl2N3O4. The number of hydrogen-bond acceptors (Lipinski definition) is 5. The Morgan fingerprint density at radius 3 is 2.51 bits per heavy atom. The van der Waals surface area contributed by atoms with Crippen LogP contribution < -0.4 is 19.9 Å². The Morgan fingerprint density at radius 1 is 1.09 bits per heavy atom. The summed E-state index contributed by atoms with van der Waals surface area (Å²) in [5.74, 6) is -0.329. The molecule has 2 saturated carbocycles. The standard InChI is InChI=1S/C26H29Cl2N3O4/c27-19-15-23(35-13-3-6-24(32)33)20(28)14-17(19)16-29-26(9-10-26)25(34)31-12-11-30(18-7-8-18)21-4-1-2-5-22(21)31/h1-2,4-5,14-15,18,29H,3,6-13,16H2,(H,32,33). The monoisotopic (exact) mass is 517 g/mol. The van der Waals surface area contributed by atoms with E-state index in [2.05, 4.69) is 16.3 Å². The molecule has 1 aliphatic heterocycles. The summed E-state index contributed by atoms with van der Waals surface area (Å²) in [6, 6.07) is 12.2. The van der Waals surface area contributed by atoms with Gasteiger partial charge in [-0.15, -0.1) is 0 Å². The Bertz CT molecular complexity index is 1130. The minimum absolute atomic E-state index is 0.0313. The van der Waals surface area contributed by atoms with Gasteiger partial charge in [-0.3, -0.25) is 14.9 Å². The van der Waals surface area contributed by atoms with Gasteiger partial charge in [-0.05, 0) is 55.9 Å². The summed E-state index contributed by atoms with van der Waals surface area (Å²) in [7, 11) is 0. The van der Waals surface area contributed by atoms with E-state index in [0.29, 0.717) is 41.3 Å². The lowest BCUT2D eigenvalue weighted by atomic mass is 10.1.